The Morgan fingerprint density at radius 1 is 1.21 bits per heavy atom. The molecule has 2 aromatic rings. The van der Waals surface area contributed by atoms with Gasteiger partial charge in [0.15, 0.2) is 11.5 Å². The first-order valence-electron chi connectivity index (χ1n) is 14.1. The van der Waals surface area contributed by atoms with Crippen LogP contribution in [0.3, 0.4) is 0 Å². The van der Waals surface area contributed by atoms with Gasteiger partial charge in [0.2, 0.25) is 22.7 Å². The second-order valence-electron chi connectivity index (χ2n) is 10.8. The van der Waals surface area contributed by atoms with Crippen molar-refractivity contribution in [2.24, 2.45) is 11.7 Å². The number of carbonyl (C=O) groups is 2. The van der Waals surface area contributed by atoms with Gasteiger partial charge in [0.1, 0.15) is 0 Å². The number of ether oxygens (including phenoxy) is 2. The number of carboxylic acid groups (broad SMARTS) is 1. The molecule has 0 unspecified atom stereocenters. The molecular weight excluding hydrogens is 564 g/mol. The number of hydrogen-bond acceptors (Lipinski definition) is 9. The Kier molecular flexibility index (Phi) is 10.4. The van der Waals surface area contributed by atoms with Crippen molar-refractivity contribution in [1.29, 1.82) is 0 Å². The molecule has 5 N–H and O–H groups in total. The molecule has 12 nitrogen and oxygen atoms in total. The summed E-state index contributed by atoms with van der Waals surface area (Å²) in [5, 5.41) is 20.4. The Hall–Kier alpha value is -3.23. The summed E-state index contributed by atoms with van der Waals surface area (Å²) in [6.07, 6.45) is 2.89. The minimum absolute atomic E-state index is 0.00181. The van der Waals surface area contributed by atoms with Crippen molar-refractivity contribution in [3.63, 3.8) is 0 Å². The number of likely N-dealkylation sites (tertiary alicyclic amines) is 1. The summed E-state index contributed by atoms with van der Waals surface area (Å²) in [7, 11) is -3.50. The molecule has 4 rings (SSSR count). The van der Waals surface area contributed by atoms with Gasteiger partial charge in [-0.3, -0.25) is 14.5 Å². The normalized spacial score (nSPS) is 20.1. The highest BCUT2D eigenvalue weighted by Gasteiger charge is 2.47. The summed E-state index contributed by atoms with van der Waals surface area (Å²) >= 11 is 0. The number of nitrogens with zero attached hydrogens (tertiary/aromatic N) is 2. The number of aliphatic carboxylic acids is 1. The molecule has 2 aliphatic rings. The number of carbonyl (C=O) groups excluding carboxylic acids is 1. The number of aliphatic hydroxyl groups is 1. The lowest BCUT2D eigenvalue weighted by molar-refractivity contribution is -0.143. The number of amides is 1. The molecule has 2 aromatic carbocycles. The van der Waals surface area contributed by atoms with Crippen LogP contribution in [0.1, 0.15) is 48.8 Å². The summed E-state index contributed by atoms with van der Waals surface area (Å²) in [6.45, 7) is 2.74. The first-order valence-corrected chi connectivity index (χ1v) is 16.0. The van der Waals surface area contributed by atoms with Gasteiger partial charge in [-0.2, -0.15) is 0 Å². The van der Waals surface area contributed by atoms with Crippen molar-refractivity contribution in [2.75, 3.05) is 44.1 Å². The SMILES string of the molecule is CCCCN(C(=O)CN1C[C@H](c2cc(CO)c3c(c2)OCO3)[C@@H](C(=O)O)[C@@H]1CCNS(C)(=O)=O)c1cccc(CN)c1. The number of anilines is 1. The maximum atomic E-state index is 13.9. The summed E-state index contributed by atoms with van der Waals surface area (Å²) in [5.74, 6) is -1.89. The molecule has 2 aliphatic heterocycles. The molecule has 1 saturated heterocycles. The predicted molar refractivity (Wildman–Crippen MR) is 157 cm³/mol. The van der Waals surface area contributed by atoms with Gasteiger partial charge in [0.25, 0.3) is 0 Å². The lowest BCUT2D eigenvalue weighted by Crippen LogP contribution is -2.45. The van der Waals surface area contributed by atoms with E-state index < -0.39 is 33.9 Å². The van der Waals surface area contributed by atoms with Crippen molar-refractivity contribution in [3.8, 4) is 11.5 Å². The Morgan fingerprint density at radius 2 is 2.00 bits per heavy atom. The van der Waals surface area contributed by atoms with E-state index in [1.165, 1.54) is 0 Å². The lowest BCUT2D eigenvalue weighted by Gasteiger charge is -2.30. The zero-order valence-electron chi connectivity index (χ0n) is 24.0. The van der Waals surface area contributed by atoms with Crippen LogP contribution in [0.15, 0.2) is 36.4 Å². The van der Waals surface area contributed by atoms with E-state index in [0.717, 1.165) is 30.3 Å². The van der Waals surface area contributed by atoms with E-state index in [1.54, 1.807) is 17.0 Å². The van der Waals surface area contributed by atoms with Crippen LogP contribution >= 0.6 is 0 Å². The number of hydrogen-bond donors (Lipinski definition) is 4. The highest BCUT2D eigenvalue weighted by Crippen LogP contribution is 2.44. The Morgan fingerprint density at radius 3 is 2.67 bits per heavy atom. The van der Waals surface area contributed by atoms with Crippen LogP contribution in [0.4, 0.5) is 5.69 Å². The van der Waals surface area contributed by atoms with E-state index in [0.29, 0.717) is 35.7 Å². The first-order chi connectivity index (χ1) is 20.1. The maximum absolute atomic E-state index is 13.9. The number of nitrogens with one attached hydrogen (secondary N) is 1. The number of aliphatic hydroxyl groups excluding tert-OH is 1. The van der Waals surface area contributed by atoms with Gasteiger partial charge in [0, 0.05) is 49.4 Å². The van der Waals surface area contributed by atoms with Crippen molar-refractivity contribution in [1.82, 2.24) is 9.62 Å². The second kappa shape index (κ2) is 13.8. The number of nitrogens with two attached hydrogens (primary N) is 1. The average Bonchev–Trinajstić information content (AvgIpc) is 3.57. The molecule has 0 aromatic heterocycles. The fourth-order valence-corrected chi connectivity index (χ4v) is 6.33. The molecule has 3 atom stereocenters. The summed E-state index contributed by atoms with van der Waals surface area (Å²) in [4.78, 5) is 30.2. The van der Waals surface area contributed by atoms with Gasteiger partial charge >= 0.3 is 5.97 Å². The van der Waals surface area contributed by atoms with Crippen LogP contribution in [0, 0.1) is 5.92 Å². The van der Waals surface area contributed by atoms with E-state index in [9.17, 15) is 28.2 Å². The van der Waals surface area contributed by atoms with Gasteiger partial charge in [-0.15, -0.1) is 0 Å². The molecule has 1 amide bonds. The number of carboxylic acids is 1. The first kappa shape index (κ1) is 31.7. The van der Waals surface area contributed by atoms with Crippen LogP contribution in [0.25, 0.3) is 0 Å². The van der Waals surface area contributed by atoms with E-state index >= 15 is 0 Å². The number of fused-ring (bicyclic) bond motifs is 1. The summed E-state index contributed by atoms with van der Waals surface area (Å²) in [6, 6.07) is 10.3. The largest absolute Gasteiger partial charge is 0.481 e. The predicted octanol–water partition coefficient (Wildman–Crippen LogP) is 1.61. The standard InChI is InChI=1S/C29H40N4O8S/c1-3-4-10-33(22-7-5-6-19(11-22)14-30)26(35)16-32-15-23(20-12-21(17-34)28-25(13-20)40-18-41-28)27(29(36)37)24(32)8-9-31-42(2,38)39/h5-7,11-13,23-24,27,31,34H,3-4,8-10,14-18,30H2,1-2H3,(H,36,37)/t23-,24+,27-/m1/s1. The van der Waals surface area contributed by atoms with Crippen molar-refractivity contribution in [3.05, 3.63) is 53.1 Å². The van der Waals surface area contributed by atoms with E-state index in [-0.39, 0.29) is 45.4 Å². The molecular formula is C29H40N4O8S. The van der Waals surface area contributed by atoms with Crippen LogP contribution in [0.5, 0.6) is 11.5 Å². The number of sulfonamides is 1. The van der Waals surface area contributed by atoms with Gasteiger partial charge in [-0.25, -0.2) is 13.1 Å². The van der Waals surface area contributed by atoms with E-state index in [2.05, 4.69) is 4.72 Å². The van der Waals surface area contributed by atoms with Crippen LogP contribution < -0.4 is 24.8 Å². The fourth-order valence-electron chi connectivity index (χ4n) is 5.84. The van der Waals surface area contributed by atoms with Crippen LogP contribution in [0.2, 0.25) is 0 Å². The molecule has 0 aliphatic carbocycles. The molecule has 0 spiro atoms. The monoisotopic (exact) mass is 604 g/mol. The van der Waals surface area contributed by atoms with Crippen molar-refractivity contribution >= 4 is 27.6 Å². The van der Waals surface area contributed by atoms with Crippen LogP contribution in [-0.2, 0) is 32.8 Å². The quantitative estimate of drug-likeness (QED) is 0.248. The molecule has 2 heterocycles. The minimum atomic E-state index is -3.50. The summed E-state index contributed by atoms with van der Waals surface area (Å²) in [5.41, 5.74) is 8.58. The number of rotatable bonds is 14. The Bertz CT molecular complexity index is 1390. The zero-order valence-corrected chi connectivity index (χ0v) is 24.8. The zero-order chi connectivity index (χ0) is 30.4. The Labute approximate surface area is 246 Å². The molecule has 13 heteroatoms. The molecule has 1 fully saturated rings. The van der Waals surface area contributed by atoms with Gasteiger partial charge in [-0.1, -0.05) is 25.5 Å². The van der Waals surface area contributed by atoms with Crippen LogP contribution in [-0.4, -0.2) is 80.7 Å². The summed E-state index contributed by atoms with van der Waals surface area (Å²) < 4.78 is 37.1. The topological polar surface area (TPSA) is 172 Å². The highest BCUT2D eigenvalue weighted by molar-refractivity contribution is 7.88. The number of unbranched alkanes of at least 4 members (excludes halogenated alkanes) is 1. The van der Waals surface area contributed by atoms with E-state index in [1.807, 2.05) is 36.1 Å². The minimum Gasteiger partial charge on any atom is -0.481 e. The Balaban J connectivity index is 1.67. The molecule has 42 heavy (non-hydrogen) atoms. The van der Waals surface area contributed by atoms with Crippen molar-refractivity contribution in [2.45, 2.75) is 51.3 Å². The number of benzene rings is 2. The van der Waals surface area contributed by atoms with Gasteiger partial charge in [0.05, 0.1) is 25.3 Å². The maximum Gasteiger partial charge on any atom is 0.308 e. The molecule has 0 radical (unpaired) electrons. The van der Waals surface area contributed by atoms with Crippen molar-refractivity contribution < 1.29 is 37.7 Å². The fraction of sp³-hybridized carbons (Fsp3) is 0.517. The third kappa shape index (κ3) is 7.39. The molecule has 0 bridgehead atoms. The van der Waals surface area contributed by atoms with E-state index in [4.69, 9.17) is 15.2 Å². The molecule has 230 valence electrons. The third-order valence-corrected chi connectivity index (χ3v) is 8.57. The average molecular weight is 605 g/mol. The lowest BCUT2D eigenvalue weighted by atomic mass is 9.83. The second-order valence-corrected chi connectivity index (χ2v) is 12.6. The smallest absolute Gasteiger partial charge is 0.308 e. The van der Waals surface area contributed by atoms with Gasteiger partial charge in [-0.05, 0) is 48.2 Å². The third-order valence-electron chi connectivity index (χ3n) is 7.84. The van der Waals surface area contributed by atoms with Gasteiger partial charge < -0.3 is 30.3 Å². The highest BCUT2D eigenvalue weighted by atomic mass is 32.2. The molecule has 0 saturated carbocycles.